The number of likely N-dealkylation sites (N-methyl/N-ethyl adjacent to an activating group) is 1. The molecule has 1 saturated heterocycles. The summed E-state index contributed by atoms with van der Waals surface area (Å²) in [6.45, 7) is 0.890. The highest BCUT2D eigenvalue weighted by molar-refractivity contribution is 7.47. The van der Waals surface area contributed by atoms with Crippen molar-refractivity contribution >= 4 is 7.82 Å². The van der Waals surface area contributed by atoms with Gasteiger partial charge in [0.1, 0.15) is 12.2 Å². The molecule has 2 heterocycles. The number of phenols is 1. The van der Waals surface area contributed by atoms with Crippen LogP contribution < -0.4 is 4.74 Å². The summed E-state index contributed by atoms with van der Waals surface area (Å²) >= 11 is 0. The molecule has 2 aliphatic heterocycles. The molecule has 4 aliphatic carbocycles. The summed E-state index contributed by atoms with van der Waals surface area (Å²) < 4.78 is 32.1. The van der Waals surface area contributed by atoms with Crippen LogP contribution in [0.3, 0.4) is 0 Å². The first kappa shape index (κ1) is 27.8. The number of phosphoric ester groups is 1. The van der Waals surface area contributed by atoms with Crippen LogP contribution in [-0.4, -0.2) is 52.8 Å². The number of benzene rings is 2. The Morgan fingerprint density at radius 2 is 1.81 bits per heavy atom. The Labute approximate surface area is 253 Å². The lowest BCUT2D eigenvalue weighted by atomic mass is 9.53. The highest BCUT2D eigenvalue weighted by atomic mass is 31.2. The summed E-state index contributed by atoms with van der Waals surface area (Å²) in [4.78, 5) is 13.6. The number of phenolic OH excluding ortho intramolecular Hbond substituents is 1. The number of hydrogen-bond acceptors (Lipinski definition) is 6. The first-order chi connectivity index (χ1) is 20.8. The van der Waals surface area contributed by atoms with E-state index in [1.807, 2.05) is 12.1 Å². The average molecular weight is 602 g/mol. The Kier molecular flexibility index (Phi) is 6.59. The number of rotatable bonds is 6. The molecule has 1 saturated carbocycles. The minimum atomic E-state index is -4.42. The summed E-state index contributed by atoms with van der Waals surface area (Å²) in [6.07, 6.45) is 17.0. The second kappa shape index (κ2) is 10.2. The molecule has 2 fully saturated rings. The topological polar surface area (TPSA) is 88.5 Å². The molecule has 43 heavy (non-hydrogen) atoms. The zero-order valence-corrected chi connectivity index (χ0v) is 25.4. The molecule has 226 valence electrons. The molecule has 6 aliphatic rings. The van der Waals surface area contributed by atoms with Gasteiger partial charge in [0.05, 0.1) is 6.10 Å². The van der Waals surface area contributed by atoms with Crippen LogP contribution in [0.2, 0.25) is 0 Å². The zero-order chi connectivity index (χ0) is 29.4. The second-order valence-electron chi connectivity index (χ2n) is 13.5. The van der Waals surface area contributed by atoms with Crippen molar-refractivity contribution in [2.75, 3.05) is 13.6 Å². The standard InChI is InChI=1S/C35H40NO6P/c1-36-21-20-35-27-13-15-30(33(35)40-32-29(37)14-12-23(31(32)35)22-28(27)36)42-43(38,39)41-26-16-18-34(19-17-26,24-8-4-2-5-9-24)25-10-6-3-7-11-25/h2-10,12-15,25-28,30,33,37H,11,16-22H2,1H3,(H,38,39). The molecular weight excluding hydrogens is 561 g/mol. The van der Waals surface area contributed by atoms with Gasteiger partial charge in [-0.25, -0.2) is 4.57 Å². The summed E-state index contributed by atoms with van der Waals surface area (Å²) in [5.41, 5.74) is 3.15. The number of allylic oxidation sites excluding steroid dienone is 4. The quantitative estimate of drug-likeness (QED) is 0.295. The zero-order valence-electron chi connectivity index (χ0n) is 24.5. The molecule has 0 amide bonds. The third kappa shape index (κ3) is 4.27. The van der Waals surface area contributed by atoms with E-state index in [2.05, 4.69) is 72.7 Å². The van der Waals surface area contributed by atoms with Gasteiger partial charge in [-0.3, -0.25) is 9.05 Å². The van der Waals surface area contributed by atoms with Gasteiger partial charge in [0.25, 0.3) is 0 Å². The Morgan fingerprint density at radius 3 is 2.58 bits per heavy atom. The first-order valence-corrected chi connectivity index (χ1v) is 17.3. The van der Waals surface area contributed by atoms with Gasteiger partial charge in [0, 0.05) is 28.4 Å². The van der Waals surface area contributed by atoms with Crippen molar-refractivity contribution in [2.24, 2.45) is 11.8 Å². The minimum Gasteiger partial charge on any atom is -0.504 e. The van der Waals surface area contributed by atoms with Crippen LogP contribution >= 0.6 is 7.82 Å². The van der Waals surface area contributed by atoms with Gasteiger partial charge in [-0.2, -0.15) is 0 Å². The normalized spacial score (nSPS) is 38.7. The van der Waals surface area contributed by atoms with E-state index in [1.165, 1.54) is 11.1 Å². The number of phosphoric acid groups is 1. The summed E-state index contributed by atoms with van der Waals surface area (Å²) in [5, 5.41) is 10.8. The third-order valence-corrected chi connectivity index (χ3v) is 12.6. The molecule has 0 radical (unpaired) electrons. The molecule has 8 heteroatoms. The van der Waals surface area contributed by atoms with Crippen molar-refractivity contribution in [2.45, 2.75) is 80.1 Å². The molecule has 1 spiro atoms. The Morgan fingerprint density at radius 1 is 1.00 bits per heavy atom. The predicted molar refractivity (Wildman–Crippen MR) is 164 cm³/mol. The Hall–Kier alpha value is -2.67. The fraction of sp³-hybridized carbons (Fsp3) is 0.486. The lowest BCUT2D eigenvalue weighted by Crippen LogP contribution is -2.65. The van der Waals surface area contributed by atoms with E-state index < -0.39 is 25.4 Å². The molecule has 2 aromatic rings. The van der Waals surface area contributed by atoms with Gasteiger partial charge < -0.3 is 19.6 Å². The maximum Gasteiger partial charge on any atom is 0.473 e. The predicted octanol–water partition coefficient (Wildman–Crippen LogP) is 6.35. The molecule has 7 unspecified atom stereocenters. The van der Waals surface area contributed by atoms with E-state index >= 15 is 0 Å². The van der Waals surface area contributed by atoms with Crippen molar-refractivity contribution < 1.29 is 28.3 Å². The fourth-order valence-corrected chi connectivity index (χ4v) is 10.6. The van der Waals surface area contributed by atoms with Crippen LogP contribution in [0.5, 0.6) is 11.5 Å². The maximum absolute atomic E-state index is 13.6. The largest absolute Gasteiger partial charge is 0.504 e. The van der Waals surface area contributed by atoms with Gasteiger partial charge in [-0.1, -0.05) is 72.9 Å². The van der Waals surface area contributed by atoms with Gasteiger partial charge in [0.2, 0.25) is 0 Å². The number of piperidine rings is 1. The smallest absolute Gasteiger partial charge is 0.473 e. The Bertz CT molecular complexity index is 1540. The van der Waals surface area contributed by atoms with Crippen LogP contribution in [0.4, 0.5) is 0 Å². The highest BCUT2D eigenvalue weighted by Crippen LogP contribution is 2.64. The number of ether oxygens (including phenoxy) is 1. The van der Waals surface area contributed by atoms with Crippen molar-refractivity contribution in [3.05, 3.63) is 95.6 Å². The van der Waals surface area contributed by atoms with Gasteiger partial charge in [-0.15, -0.1) is 0 Å². The maximum atomic E-state index is 13.6. The molecule has 7 nitrogen and oxygen atoms in total. The monoisotopic (exact) mass is 601 g/mol. The fourth-order valence-electron chi connectivity index (χ4n) is 9.52. The molecule has 0 aromatic heterocycles. The number of likely N-dealkylation sites (tertiary alicyclic amines) is 1. The van der Waals surface area contributed by atoms with E-state index in [9.17, 15) is 14.6 Å². The first-order valence-electron chi connectivity index (χ1n) is 15.8. The van der Waals surface area contributed by atoms with Crippen molar-refractivity contribution in [3.63, 3.8) is 0 Å². The number of aromatic hydroxyl groups is 1. The molecule has 7 atom stereocenters. The minimum absolute atomic E-state index is 0.0300. The summed E-state index contributed by atoms with van der Waals surface area (Å²) in [5.74, 6) is 1.19. The van der Waals surface area contributed by atoms with E-state index in [1.54, 1.807) is 6.07 Å². The van der Waals surface area contributed by atoms with Crippen LogP contribution in [0.15, 0.2) is 78.9 Å². The van der Waals surface area contributed by atoms with Crippen molar-refractivity contribution in [1.82, 2.24) is 4.90 Å². The molecule has 8 rings (SSSR count). The van der Waals surface area contributed by atoms with Crippen molar-refractivity contribution in [3.8, 4) is 11.5 Å². The molecule has 2 bridgehead atoms. The molecular formula is C35H40NO6P. The van der Waals surface area contributed by atoms with Gasteiger partial charge in [0.15, 0.2) is 11.5 Å². The van der Waals surface area contributed by atoms with E-state index in [-0.39, 0.29) is 23.2 Å². The second-order valence-corrected chi connectivity index (χ2v) is 14.8. The van der Waals surface area contributed by atoms with Crippen LogP contribution in [0.25, 0.3) is 0 Å². The van der Waals surface area contributed by atoms with E-state index in [0.29, 0.717) is 30.6 Å². The number of hydrogen-bond donors (Lipinski definition) is 2. The molecule has 2 aromatic carbocycles. The SMILES string of the molecule is CN1CCC23c4c5ccc(O)c4OC2C(OP(=O)(O)OC2CCC(c4ccccc4)(C4C=CC=CC4)CC2)C=CC3C1C5. The average Bonchev–Trinajstić information content (AvgIpc) is 3.38. The lowest BCUT2D eigenvalue weighted by molar-refractivity contribution is -0.0500. The highest BCUT2D eigenvalue weighted by Gasteiger charge is 2.65. The van der Waals surface area contributed by atoms with Crippen LogP contribution in [0.1, 0.15) is 55.2 Å². The van der Waals surface area contributed by atoms with Gasteiger partial charge in [-0.05, 0) is 81.6 Å². The van der Waals surface area contributed by atoms with Crippen molar-refractivity contribution in [1.29, 1.82) is 0 Å². The number of nitrogens with zero attached hydrogens (tertiary/aromatic N) is 1. The molecule has 2 N–H and O–H groups in total. The van der Waals surface area contributed by atoms with Gasteiger partial charge >= 0.3 is 7.82 Å². The lowest BCUT2D eigenvalue weighted by Gasteiger charge is -2.56. The van der Waals surface area contributed by atoms with Crippen LogP contribution in [0, 0.1) is 11.8 Å². The summed E-state index contributed by atoms with van der Waals surface area (Å²) in [7, 11) is -2.26. The Balaban J connectivity index is 1.02. The van der Waals surface area contributed by atoms with E-state index in [0.717, 1.165) is 44.2 Å². The third-order valence-electron chi connectivity index (χ3n) is 11.5. The van der Waals surface area contributed by atoms with Crippen LogP contribution in [-0.2, 0) is 30.9 Å². The van der Waals surface area contributed by atoms with E-state index in [4.69, 9.17) is 13.8 Å². The summed E-state index contributed by atoms with van der Waals surface area (Å²) in [6, 6.07) is 14.7.